The van der Waals surface area contributed by atoms with E-state index in [4.69, 9.17) is 4.74 Å². The zero-order valence-corrected chi connectivity index (χ0v) is 9.10. The van der Waals surface area contributed by atoms with Crippen LogP contribution in [0.1, 0.15) is 11.1 Å². The first-order valence-corrected chi connectivity index (χ1v) is 4.69. The molecule has 1 aromatic carbocycles. The van der Waals surface area contributed by atoms with Gasteiger partial charge in [-0.15, -0.1) is 0 Å². The van der Waals surface area contributed by atoms with Crippen LogP contribution in [0.4, 0.5) is 5.69 Å². The zero-order valence-electron chi connectivity index (χ0n) is 9.10. The zero-order chi connectivity index (χ0) is 12.1. The molecule has 0 aliphatic rings. The smallest absolute Gasteiger partial charge is 0.311 e. The molecule has 0 aliphatic carbocycles. The number of benzene rings is 1. The number of carbonyl (C=O) groups excluding carboxylic acids is 1. The highest BCUT2D eigenvalue weighted by Gasteiger charge is 2.17. The number of hydrogen-bond acceptors (Lipinski definition) is 4. The minimum Gasteiger partial charge on any atom is -0.490 e. The van der Waals surface area contributed by atoms with Crippen molar-refractivity contribution >= 4 is 12.1 Å². The molecule has 0 aromatic heterocycles. The highest BCUT2D eigenvalue weighted by Crippen LogP contribution is 2.29. The summed E-state index contributed by atoms with van der Waals surface area (Å²) in [6, 6.07) is 3.04. The number of nitro benzene ring substituents is 1. The fraction of sp³-hybridized carbons (Fsp3) is 0.300. The van der Waals surface area contributed by atoms with Gasteiger partial charge in [-0.2, -0.15) is 0 Å². The Labute approximate surface area is 92.4 Å². The molecule has 6 nitrogen and oxygen atoms in total. The molecule has 0 fully saturated rings. The summed E-state index contributed by atoms with van der Waals surface area (Å²) in [6.45, 7) is 2.21. The second-order valence-corrected chi connectivity index (χ2v) is 3.28. The second-order valence-electron chi connectivity index (χ2n) is 3.28. The quantitative estimate of drug-likeness (QED) is 0.438. The van der Waals surface area contributed by atoms with E-state index in [1.54, 1.807) is 13.0 Å². The summed E-state index contributed by atoms with van der Waals surface area (Å²) in [4.78, 5) is 20.5. The van der Waals surface area contributed by atoms with Crippen LogP contribution >= 0.6 is 0 Å². The molecule has 1 amide bonds. The molecule has 0 atom stereocenters. The summed E-state index contributed by atoms with van der Waals surface area (Å²) < 4.78 is 4.94. The summed E-state index contributed by atoms with van der Waals surface area (Å²) in [7, 11) is 1.38. The lowest BCUT2D eigenvalue weighted by Gasteiger charge is -2.06. The van der Waals surface area contributed by atoms with Gasteiger partial charge in [0.25, 0.3) is 6.41 Å². The van der Waals surface area contributed by atoms with Crippen LogP contribution in [0.2, 0.25) is 0 Å². The molecule has 0 saturated carbocycles. The van der Waals surface area contributed by atoms with E-state index in [1.807, 2.05) is 0 Å². The summed E-state index contributed by atoms with van der Waals surface area (Å²) in [5.74, 6) is 0.213. The molecule has 86 valence electrons. The minimum atomic E-state index is -0.487. The van der Waals surface area contributed by atoms with Crippen molar-refractivity contribution in [3.05, 3.63) is 33.4 Å². The van der Waals surface area contributed by atoms with Crippen LogP contribution in [0.25, 0.3) is 0 Å². The number of amides is 1. The average Bonchev–Trinajstić information content (AvgIpc) is 2.26. The molecule has 1 aromatic rings. The third-order valence-corrected chi connectivity index (χ3v) is 2.27. The van der Waals surface area contributed by atoms with Crippen LogP contribution in [0.5, 0.6) is 5.75 Å². The van der Waals surface area contributed by atoms with Crippen LogP contribution in [0.15, 0.2) is 12.1 Å². The Morgan fingerprint density at radius 1 is 1.56 bits per heavy atom. The van der Waals surface area contributed by atoms with Gasteiger partial charge in [0.15, 0.2) is 5.75 Å². The number of rotatable bonds is 5. The number of nitro groups is 1. The predicted molar refractivity (Wildman–Crippen MR) is 56.1 cm³/mol. The summed E-state index contributed by atoms with van der Waals surface area (Å²) in [5.41, 5.74) is 1.55. The van der Waals surface area contributed by atoms with Gasteiger partial charge in [0.2, 0.25) is 0 Å². The number of methoxy groups -OCH3 is 1. The molecule has 1 rings (SSSR count). The van der Waals surface area contributed by atoms with Crippen molar-refractivity contribution in [2.45, 2.75) is 13.5 Å². The number of hydrogen-bond donors (Lipinski definition) is 1. The van der Waals surface area contributed by atoms with Crippen molar-refractivity contribution in [1.29, 1.82) is 0 Å². The summed E-state index contributed by atoms with van der Waals surface area (Å²) in [5, 5.41) is 12.2. The van der Waals surface area contributed by atoms with Crippen molar-refractivity contribution in [3.63, 3.8) is 0 Å². The van der Waals surface area contributed by atoms with E-state index < -0.39 is 4.92 Å². The van der Waals surface area contributed by atoms with Gasteiger partial charge in [0.05, 0.1) is 12.0 Å². The fourth-order valence-corrected chi connectivity index (χ4v) is 1.42. The maximum absolute atomic E-state index is 10.7. The molecule has 0 saturated heterocycles. The third kappa shape index (κ3) is 2.54. The molecule has 0 bridgehead atoms. The first kappa shape index (κ1) is 12.1. The largest absolute Gasteiger partial charge is 0.490 e. The maximum atomic E-state index is 10.7. The lowest BCUT2D eigenvalue weighted by atomic mass is 10.1. The summed E-state index contributed by atoms with van der Waals surface area (Å²) in [6.07, 6.45) is 0.702. The molecule has 0 unspecified atom stereocenters. The Morgan fingerprint density at radius 3 is 2.75 bits per heavy atom. The number of nitrogens with two attached hydrogens (primary N) is 1. The lowest BCUT2D eigenvalue weighted by molar-refractivity contribution is -0.571. The average molecular weight is 225 g/mol. The van der Waals surface area contributed by atoms with Gasteiger partial charge in [-0.05, 0) is 18.6 Å². The highest BCUT2D eigenvalue weighted by molar-refractivity contribution is 5.51. The van der Waals surface area contributed by atoms with Gasteiger partial charge in [0.1, 0.15) is 6.54 Å². The molecule has 16 heavy (non-hydrogen) atoms. The van der Waals surface area contributed by atoms with E-state index in [1.165, 1.54) is 18.5 Å². The Kier molecular flexibility index (Phi) is 3.96. The van der Waals surface area contributed by atoms with E-state index in [-0.39, 0.29) is 11.4 Å². The number of carbonyl (C=O) groups is 1. The topological polar surface area (TPSA) is 86.0 Å². The fourth-order valence-electron chi connectivity index (χ4n) is 1.42. The Balaban J connectivity index is 3.14. The highest BCUT2D eigenvalue weighted by atomic mass is 16.6. The SMILES string of the molecule is COc1cc(C[NH2+]C=O)c(C)cc1[N+](=O)[O-]. The van der Waals surface area contributed by atoms with Crippen molar-refractivity contribution < 1.29 is 19.8 Å². The van der Waals surface area contributed by atoms with Crippen LogP contribution in [-0.2, 0) is 11.3 Å². The van der Waals surface area contributed by atoms with Gasteiger partial charge >= 0.3 is 5.69 Å². The molecule has 0 spiro atoms. The van der Waals surface area contributed by atoms with Gasteiger partial charge in [0, 0.05) is 11.6 Å². The lowest BCUT2D eigenvalue weighted by Crippen LogP contribution is -2.80. The van der Waals surface area contributed by atoms with Crippen molar-refractivity contribution in [3.8, 4) is 5.75 Å². The monoisotopic (exact) mass is 225 g/mol. The van der Waals surface area contributed by atoms with Gasteiger partial charge in [-0.3, -0.25) is 15.4 Å². The first-order valence-electron chi connectivity index (χ1n) is 4.69. The molecule has 2 N–H and O–H groups in total. The van der Waals surface area contributed by atoms with Crippen LogP contribution in [0.3, 0.4) is 0 Å². The van der Waals surface area contributed by atoms with Crippen molar-refractivity contribution in [1.82, 2.24) is 0 Å². The van der Waals surface area contributed by atoms with Crippen molar-refractivity contribution in [2.75, 3.05) is 7.11 Å². The molecule has 0 heterocycles. The maximum Gasteiger partial charge on any atom is 0.311 e. The molecule has 6 heteroatoms. The van der Waals surface area contributed by atoms with Gasteiger partial charge in [-0.1, -0.05) is 0 Å². The predicted octanol–water partition coefficient (Wildman–Crippen LogP) is 0.132. The standard InChI is InChI=1S/C10H12N2O4/c1-7-3-9(12(14)15)10(16-2)4-8(7)5-11-6-13/h3-4,6H,5H2,1-2H3,(H,11,13)/p+1. The number of quaternary nitrogens is 1. The van der Waals surface area contributed by atoms with Crippen molar-refractivity contribution in [2.24, 2.45) is 0 Å². The van der Waals surface area contributed by atoms with E-state index in [9.17, 15) is 14.9 Å². The third-order valence-electron chi connectivity index (χ3n) is 2.27. The summed E-state index contributed by atoms with van der Waals surface area (Å²) >= 11 is 0. The Morgan fingerprint density at radius 2 is 2.25 bits per heavy atom. The van der Waals surface area contributed by atoms with E-state index in [0.29, 0.717) is 13.0 Å². The normalized spacial score (nSPS) is 9.88. The van der Waals surface area contributed by atoms with Crippen LogP contribution in [0, 0.1) is 17.0 Å². The Hall–Kier alpha value is -1.95. The van der Waals surface area contributed by atoms with E-state index in [2.05, 4.69) is 0 Å². The minimum absolute atomic E-state index is 0.0603. The number of ether oxygens (including phenoxy) is 1. The second kappa shape index (κ2) is 5.22. The number of nitrogens with zero attached hydrogens (tertiary/aromatic N) is 1. The number of aryl methyl sites for hydroxylation is 1. The van der Waals surface area contributed by atoms with E-state index in [0.717, 1.165) is 11.1 Å². The molecular weight excluding hydrogens is 212 g/mol. The van der Waals surface area contributed by atoms with Crippen LogP contribution < -0.4 is 10.1 Å². The first-order chi connectivity index (χ1) is 7.60. The molecule has 0 aliphatic heterocycles. The van der Waals surface area contributed by atoms with Gasteiger partial charge in [-0.25, -0.2) is 4.79 Å². The van der Waals surface area contributed by atoms with Crippen LogP contribution in [-0.4, -0.2) is 18.4 Å². The Bertz CT molecular complexity index is 418. The molecular formula is C10H13N2O4+. The number of primary amides is 1. The van der Waals surface area contributed by atoms with E-state index >= 15 is 0 Å². The van der Waals surface area contributed by atoms with Gasteiger partial charge < -0.3 is 4.74 Å². The molecule has 0 radical (unpaired) electrons.